The molecule has 2 radical (unpaired) electrons. The molecule has 9 heterocycles. The molecule has 3 amide bonds. The van der Waals surface area contributed by atoms with Gasteiger partial charge in [-0.25, -0.2) is 42.5 Å². The van der Waals surface area contributed by atoms with Crippen LogP contribution in [0.25, 0.3) is 33.1 Å². The molecule has 734 valence electrons. The average Bonchev–Trinajstić information content (AvgIpc) is 1.67. The molecule has 28 heteroatoms. The molecule has 0 spiro atoms. The molecule has 0 unspecified atom stereocenters. The number of methoxy groups -OCH3 is 3. The van der Waals surface area contributed by atoms with Gasteiger partial charge in [-0.1, -0.05) is 153 Å². The van der Waals surface area contributed by atoms with Gasteiger partial charge in [-0.15, -0.1) is 0 Å². The molecule has 6 aliphatic heterocycles. The van der Waals surface area contributed by atoms with Gasteiger partial charge in [0.05, 0.1) is 122 Å². The van der Waals surface area contributed by atoms with Crippen molar-refractivity contribution in [3.63, 3.8) is 0 Å². The number of rotatable bonds is 9. The van der Waals surface area contributed by atoms with Crippen LogP contribution < -0.4 is 23.7 Å². The fraction of sp³-hybridized carbons (Fsp3) is 0.692. The maximum atomic E-state index is 14.5. The van der Waals surface area contributed by atoms with Crippen molar-refractivity contribution in [3.8, 4) is 29.0 Å². The number of aryl methyl sites for hydroxylation is 3. The molecule has 4 saturated carbocycles. The average molecular weight is 1930 g/mol. The standard InChI is InChI=1S/C38H53N3O5.C35H48N3O6.C34H46N3O6.2V/c1-7-27-25-18-32-30(39-31-16-15-26(45-6)19-33(31)40-32)12-10-8-9-11-28-23-13-14-24(17-23)36(28)46-34(43)20-29(38(3,4)5)37(44)41(21-25)35(27)22(2)42;1-7-24-29(21-39)38-20-30(24)43-32-27(36-26-16-15-23(42-6)18-28(26)37-32)14-10-8-9-12-22-13-11-17-35(22,5)44-31(40)19-25(33(38)41)34(2,3)4;1-6-23-28(20-38)37-19-30(23)43-32-26(35-25-16-15-22(41-5)17-27(25)36-32)13-9-7-8-11-21-12-10-14-29(21)42-31(39)18-24(33(37)40)34(2,3)4;;/h15-16,19,23-25,27-29,35-36H,7-14,17-18,20-21H2,1-6H3;15-16,18,22,24-25,29-30H,7-14,17,19-20H2,1-6H3;15-17,21,23-24,28-30H,6-14,18-19H2,1-5H3;;/q;2*-1;;/t23-,24+,25+,27-,28-,29-,35-,36-;22-,24+,25-,29-,30+,35-;21-,23+,24-,28-,29-,30+;;/m111../s1. The second-order valence-electron chi connectivity index (χ2n) is 43.5. The molecule has 135 heavy (non-hydrogen) atoms. The van der Waals surface area contributed by atoms with E-state index in [1.165, 1.54) is 6.42 Å². The summed E-state index contributed by atoms with van der Waals surface area (Å²) >= 11 is 0. The van der Waals surface area contributed by atoms with Crippen LogP contribution in [-0.2, 0) is 120 Å². The Labute approximate surface area is 823 Å². The summed E-state index contributed by atoms with van der Waals surface area (Å²) < 4.78 is 48.2. The van der Waals surface area contributed by atoms with E-state index in [4.69, 9.17) is 67.8 Å². The third-order valence-electron chi connectivity index (χ3n) is 31.8. The second kappa shape index (κ2) is 45.7. The fourth-order valence-corrected chi connectivity index (χ4v) is 24.2. The predicted octanol–water partition coefficient (Wildman–Crippen LogP) is 18.4. The van der Waals surface area contributed by atoms with Crippen LogP contribution in [0.3, 0.4) is 0 Å². The number of benzene rings is 3. The van der Waals surface area contributed by atoms with Gasteiger partial charge in [-0.3, -0.25) is 33.6 Å². The van der Waals surface area contributed by atoms with Crippen LogP contribution in [-0.4, -0.2) is 188 Å². The number of ether oxygens (including phenoxy) is 8. The first-order valence-corrected chi connectivity index (χ1v) is 50.2. The minimum absolute atomic E-state index is 0. The van der Waals surface area contributed by atoms with Crippen molar-refractivity contribution in [2.45, 2.75) is 344 Å². The SMILES string of the molecule is CC[C@@H]1[C@@H]2CN(C(=O)[C@H](C(C)(C)C)CC(=O)O[C@@H]3CCC[C@H]3CCCCCc3nc4ccc(OC)cc4nc3O2)[C@@H]1[C-]=O.CC[C@@H]1[C@@H]2CN(C(=O)[C@H](C(C)(C)C)CC(=O)O[C@]3(C)CCC[C@H]3CCCCCc3nc4ccc(OC)cc4nc3O2)[C@@H]1[C-]=O.CC[C@@H]1[C@H]2Cc3nc4cc(OC)ccc4nc3CCCCC[C@@H]3[C@@H]4CC[C@@H](C4)[C@H]3OC(=O)C[C@@H](C(C)(C)C)C(=O)N(C2)[C@@H]1C(C)=O.[V].[V]. The third-order valence-corrected chi connectivity index (χ3v) is 31.8. The minimum atomic E-state index is -0.783. The Morgan fingerprint density at radius 2 is 0.859 bits per heavy atom. The van der Waals surface area contributed by atoms with E-state index in [1.807, 2.05) is 136 Å². The van der Waals surface area contributed by atoms with Gasteiger partial charge in [0.1, 0.15) is 58.7 Å². The first-order chi connectivity index (χ1) is 63.6. The number of carbonyl (C=O) groups is 7. The van der Waals surface area contributed by atoms with Crippen molar-refractivity contribution < 1.29 is 118 Å². The number of nitrogens with zero attached hydrogens (tertiary/aromatic N) is 9. The molecule has 4 aliphatic carbocycles. The Bertz CT molecular complexity index is 5170. The van der Waals surface area contributed by atoms with Crippen molar-refractivity contribution >= 4 is 87.1 Å². The Hall–Kier alpha value is -8.32. The van der Waals surface area contributed by atoms with E-state index < -0.39 is 69.9 Å². The smallest absolute Gasteiger partial charge is 0.307 e. The normalized spacial score (nSPS) is 30.3. The van der Waals surface area contributed by atoms with Crippen molar-refractivity contribution in [1.82, 2.24) is 44.6 Å². The van der Waals surface area contributed by atoms with Gasteiger partial charge in [0.15, 0.2) is 5.78 Å². The third kappa shape index (κ3) is 24.2. The number of hydrogen-bond donors (Lipinski definition) is 0. The second-order valence-corrected chi connectivity index (χ2v) is 43.5. The summed E-state index contributed by atoms with van der Waals surface area (Å²) in [7, 11) is 4.89. The molecule has 3 saturated heterocycles. The molecule has 16 rings (SSSR count). The Kier molecular flexibility index (Phi) is 35.8. The minimum Gasteiger partial charge on any atom is -0.540 e. The van der Waals surface area contributed by atoms with Gasteiger partial charge in [-0.2, -0.15) is 0 Å². The number of aromatic nitrogens is 6. The van der Waals surface area contributed by atoms with Crippen molar-refractivity contribution in [2.24, 2.45) is 87.3 Å². The number of hydrogen-bond acceptors (Lipinski definition) is 23. The van der Waals surface area contributed by atoms with E-state index in [0.717, 1.165) is 192 Å². The summed E-state index contributed by atoms with van der Waals surface area (Å²) in [6.07, 6.45) is 29.7. The molecule has 3 aromatic carbocycles. The summed E-state index contributed by atoms with van der Waals surface area (Å²) in [6, 6.07) is 15.0. The zero-order valence-electron chi connectivity index (χ0n) is 83.1. The van der Waals surface area contributed by atoms with Crippen LogP contribution in [0.1, 0.15) is 293 Å². The molecule has 26 nitrogen and oxygen atoms in total. The van der Waals surface area contributed by atoms with Crippen molar-refractivity contribution in [2.75, 3.05) is 41.0 Å². The molecule has 8 bridgehead atoms. The maximum Gasteiger partial charge on any atom is 0.307 e. The molecular weight excluding hydrogens is 1790 g/mol. The first-order valence-electron chi connectivity index (χ1n) is 50.2. The van der Waals surface area contributed by atoms with Crippen LogP contribution in [0.4, 0.5) is 0 Å². The largest absolute Gasteiger partial charge is 0.540 e. The fourth-order valence-electron chi connectivity index (χ4n) is 24.2. The molecule has 10 aliphatic rings. The molecule has 7 fully saturated rings. The van der Waals surface area contributed by atoms with Crippen molar-refractivity contribution in [3.05, 3.63) is 77.4 Å². The topological polar surface area (TPSA) is 315 Å². The van der Waals surface area contributed by atoms with Crippen LogP contribution in [0.2, 0.25) is 0 Å². The van der Waals surface area contributed by atoms with Crippen LogP contribution in [0.5, 0.6) is 29.0 Å². The summed E-state index contributed by atoms with van der Waals surface area (Å²) in [6.45, 7) is 28.5. The molecule has 3 aromatic heterocycles. The Balaban J connectivity index is 0.000000181. The first kappa shape index (κ1) is 106. The summed E-state index contributed by atoms with van der Waals surface area (Å²) in [5.74, 6) is 1.22. The number of carbonyl (C=O) groups excluding carboxylic acids is 9. The van der Waals surface area contributed by atoms with Crippen LogP contribution >= 0.6 is 0 Å². The molecule has 20 atom stereocenters. The summed E-state index contributed by atoms with van der Waals surface area (Å²) in [5.41, 5.74) is 6.03. The number of amides is 3. The number of fused-ring (bicyclic) bond motifs is 19. The van der Waals surface area contributed by atoms with Gasteiger partial charge in [0.2, 0.25) is 29.5 Å². The van der Waals surface area contributed by atoms with E-state index in [1.54, 1.807) is 38.1 Å². The Morgan fingerprint density at radius 3 is 1.34 bits per heavy atom. The monoisotopic (exact) mass is 1930 g/mol. The molecule has 6 aromatic rings. The van der Waals surface area contributed by atoms with Gasteiger partial charge >= 0.3 is 17.9 Å². The summed E-state index contributed by atoms with van der Waals surface area (Å²) in [4.78, 5) is 156. The zero-order valence-corrected chi connectivity index (χ0v) is 85.9. The van der Waals surface area contributed by atoms with Crippen LogP contribution in [0.15, 0.2) is 54.6 Å². The van der Waals surface area contributed by atoms with E-state index in [9.17, 15) is 43.2 Å². The Morgan fingerprint density at radius 1 is 0.430 bits per heavy atom. The molecule has 0 N–H and O–H groups in total. The number of ketones is 1. The van der Waals surface area contributed by atoms with E-state index in [-0.39, 0.29) is 147 Å². The predicted molar refractivity (Wildman–Crippen MR) is 507 cm³/mol. The maximum absolute atomic E-state index is 14.5. The van der Waals surface area contributed by atoms with E-state index in [0.29, 0.717) is 103 Å². The van der Waals surface area contributed by atoms with Gasteiger partial charge < -0.3 is 62.2 Å². The van der Waals surface area contributed by atoms with Crippen molar-refractivity contribution in [1.29, 1.82) is 0 Å². The number of Topliss-reactive ketones (excluding diaryl/α,β-unsaturated/α-hetero) is 1. The van der Waals surface area contributed by atoms with Crippen LogP contribution in [0, 0.1) is 87.3 Å². The van der Waals surface area contributed by atoms with E-state index in [2.05, 4.69) is 26.4 Å². The zero-order chi connectivity index (χ0) is 95.1. The summed E-state index contributed by atoms with van der Waals surface area (Å²) in [5, 5.41) is 0. The van der Waals surface area contributed by atoms with Gasteiger partial charge in [0.25, 0.3) is 0 Å². The number of esters is 3. The van der Waals surface area contributed by atoms with Gasteiger partial charge in [-0.05, 0) is 242 Å². The quantitative estimate of drug-likeness (QED) is 0.0737. The molecular formula is C107H147N9O17V2-2. The van der Waals surface area contributed by atoms with E-state index >= 15 is 0 Å². The van der Waals surface area contributed by atoms with Gasteiger partial charge in [0, 0.05) is 61.9 Å².